The summed E-state index contributed by atoms with van der Waals surface area (Å²) in [6.07, 6.45) is 0. The lowest BCUT2D eigenvalue weighted by atomic mass is 10.2. The molecular formula is C20H14BrFN2O2S2. The summed E-state index contributed by atoms with van der Waals surface area (Å²) in [5, 5.41) is 0.298. The summed E-state index contributed by atoms with van der Waals surface area (Å²) in [7, 11) is -3.87. The van der Waals surface area contributed by atoms with Crippen LogP contribution in [0.15, 0.2) is 87.3 Å². The third kappa shape index (κ3) is 3.59. The molecule has 0 saturated carbocycles. The number of nitrogens with zero attached hydrogens (tertiary/aromatic N) is 2. The molecule has 1 heterocycles. The number of imidazole rings is 1. The lowest BCUT2D eigenvalue weighted by Gasteiger charge is -2.10. The van der Waals surface area contributed by atoms with Crippen molar-refractivity contribution in [3.63, 3.8) is 0 Å². The van der Waals surface area contributed by atoms with Gasteiger partial charge in [0.2, 0.25) is 0 Å². The first-order valence-electron chi connectivity index (χ1n) is 8.31. The Kier molecular flexibility index (Phi) is 5.27. The van der Waals surface area contributed by atoms with Crippen LogP contribution in [-0.4, -0.2) is 17.4 Å². The first-order valence-corrected chi connectivity index (χ1v) is 11.5. The normalized spacial score (nSPS) is 11.8. The second kappa shape index (κ2) is 7.69. The summed E-state index contributed by atoms with van der Waals surface area (Å²) < 4.78 is 42.7. The van der Waals surface area contributed by atoms with Gasteiger partial charge >= 0.3 is 0 Å². The molecule has 0 bridgehead atoms. The maximum Gasteiger partial charge on any atom is 0.270 e. The van der Waals surface area contributed by atoms with Crippen molar-refractivity contribution in [2.45, 2.75) is 15.8 Å². The van der Waals surface area contributed by atoms with Crippen LogP contribution in [0.4, 0.5) is 4.39 Å². The van der Waals surface area contributed by atoms with Crippen LogP contribution in [0.2, 0.25) is 0 Å². The number of aromatic nitrogens is 2. The topological polar surface area (TPSA) is 52.0 Å². The van der Waals surface area contributed by atoms with E-state index in [1.54, 1.807) is 66.7 Å². The minimum Gasteiger partial charge on any atom is -0.222 e. The molecule has 0 spiro atoms. The average Bonchev–Trinajstić information content (AvgIpc) is 3.07. The van der Waals surface area contributed by atoms with E-state index in [2.05, 4.69) is 20.9 Å². The average molecular weight is 477 g/mol. The predicted octanol–water partition coefficient (Wildman–Crippen LogP) is 5.47. The standard InChI is InChI=1S/C20H14BrFN2O2S2/c21-15-9-11-16(12-10-15)28(25,26)24-19-8-4-3-7-18(19)23-20(24)27-13-14-5-1-2-6-17(14)22/h1-12H,13H2. The van der Waals surface area contributed by atoms with Crippen LogP contribution >= 0.6 is 27.7 Å². The number of halogens is 2. The molecular weight excluding hydrogens is 463 g/mol. The summed E-state index contributed by atoms with van der Waals surface area (Å²) in [6.45, 7) is 0. The molecule has 0 fully saturated rings. The first kappa shape index (κ1) is 19.2. The third-order valence-corrected chi connectivity index (χ3v) is 7.51. The van der Waals surface area contributed by atoms with Gasteiger partial charge in [0, 0.05) is 10.2 Å². The minimum absolute atomic E-state index is 0.159. The minimum atomic E-state index is -3.87. The molecule has 0 saturated heterocycles. The highest BCUT2D eigenvalue weighted by atomic mass is 79.9. The van der Waals surface area contributed by atoms with Crippen molar-refractivity contribution in [1.82, 2.24) is 8.96 Å². The lowest BCUT2D eigenvalue weighted by Crippen LogP contribution is -2.14. The van der Waals surface area contributed by atoms with Crippen LogP contribution in [0.5, 0.6) is 0 Å². The molecule has 0 amide bonds. The van der Waals surface area contributed by atoms with Crippen LogP contribution in [0.3, 0.4) is 0 Å². The van der Waals surface area contributed by atoms with Gasteiger partial charge in [-0.25, -0.2) is 21.8 Å². The highest BCUT2D eigenvalue weighted by Gasteiger charge is 2.24. The Labute approximate surface area is 174 Å². The second-order valence-corrected chi connectivity index (χ2v) is 9.63. The molecule has 0 atom stereocenters. The Hall–Kier alpha value is -2.16. The molecule has 1 aromatic heterocycles. The molecule has 0 aliphatic heterocycles. The van der Waals surface area contributed by atoms with Gasteiger partial charge in [-0.1, -0.05) is 58.0 Å². The van der Waals surface area contributed by atoms with E-state index in [0.29, 0.717) is 21.8 Å². The van der Waals surface area contributed by atoms with Gasteiger partial charge in [0.25, 0.3) is 10.0 Å². The fourth-order valence-corrected chi connectivity index (χ4v) is 5.74. The van der Waals surface area contributed by atoms with Gasteiger partial charge in [0.1, 0.15) is 5.82 Å². The molecule has 0 unspecified atom stereocenters. The van der Waals surface area contributed by atoms with Gasteiger partial charge in [-0.3, -0.25) is 0 Å². The van der Waals surface area contributed by atoms with Gasteiger partial charge in [-0.15, -0.1) is 0 Å². The number of thioether (sulfide) groups is 1. The Bertz CT molecular complexity index is 1250. The predicted molar refractivity (Wildman–Crippen MR) is 112 cm³/mol. The molecule has 3 aromatic carbocycles. The Morgan fingerprint density at radius 1 is 0.964 bits per heavy atom. The molecule has 4 aromatic rings. The van der Waals surface area contributed by atoms with E-state index >= 15 is 0 Å². The monoisotopic (exact) mass is 476 g/mol. The molecule has 0 N–H and O–H groups in total. The van der Waals surface area contributed by atoms with Gasteiger partial charge in [-0.05, 0) is 48.0 Å². The molecule has 0 radical (unpaired) electrons. The second-order valence-electron chi connectivity index (χ2n) is 5.99. The molecule has 4 nitrogen and oxygen atoms in total. The lowest BCUT2D eigenvalue weighted by molar-refractivity contribution is 0.584. The SMILES string of the molecule is O=S(=O)(c1ccc(Br)cc1)n1c(SCc2ccccc2F)nc2ccccc21. The molecule has 0 aliphatic rings. The zero-order valence-corrected chi connectivity index (χ0v) is 17.6. The Morgan fingerprint density at radius 3 is 2.39 bits per heavy atom. The van der Waals surface area contributed by atoms with E-state index in [9.17, 15) is 12.8 Å². The van der Waals surface area contributed by atoms with Crippen molar-refractivity contribution in [1.29, 1.82) is 0 Å². The zero-order valence-electron chi connectivity index (χ0n) is 14.4. The van der Waals surface area contributed by atoms with Crippen molar-refractivity contribution < 1.29 is 12.8 Å². The maximum atomic E-state index is 14.0. The van der Waals surface area contributed by atoms with Gasteiger partial charge in [-0.2, -0.15) is 0 Å². The summed E-state index contributed by atoms with van der Waals surface area (Å²) in [5.41, 5.74) is 1.55. The molecule has 28 heavy (non-hydrogen) atoms. The number of para-hydroxylation sites is 2. The summed E-state index contributed by atoms with van der Waals surface area (Å²) in [4.78, 5) is 4.64. The number of fused-ring (bicyclic) bond motifs is 1. The number of benzene rings is 3. The van der Waals surface area contributed by atoms with Crippen LogP contribution in [0.1, 0.15) is 5.56 Å². The van der Waals surface area contributed by atoms with Crippen LogP contribution in [0, 0.1) is 5.82 Å². The third-order valence-electron chi connectivity index (χ3n) is 4.16. The molecule has 0 aliphatic carbocycles. The summed E-state index contributed by atoms with van der Waals surface area (Å²) in [6, 6.07) is 19.9. The van der Waals surface area contributed by atoms with Crippen LogP contribution in [0.25, 0.3) is 11.0 Å². The summed E-state index contributed by atoms with van der Waals surface area (Å²) >= 11 is 4.51. The van der Waals surface area contributed by atoms with Crippen molar-refractivity contribution in [2.24, 2.45) is 0 Å². The first-order chi connectivity index (χ1) is 13.5. The molecule has 4 rings (SSSR count). The molecule has 8 heteroatoms. The molecule has 142 valence electrons. The van der Waals surface area contributed by atoms with E-state index in [4.69, 9.17) is 0 Å². The van der Waals surface area contributed by atoms with Crippen LogP contribution in [-0.2, 0) is 15.8 Å². The van der Waals surface area contributed by atoms with Crippen molar-refractivity contribution >= 4 is 48.7 Å². The summed E-state index contributed by atoms with van der Waals surface area (Å²) in [5.74, 6) is -0.0558. The van der Waals surface area contributed by atoms with Gasteiger partial charge in [0.05, 0.1) is 15.9 Å². The van der Waals surface area contributed by atoms with Crippen molar-refractivity contribution in [2.75, 3.05) is 0 Å². The number of rotatable bonds is 5. The quantitative estimate of drug-likeness (QED) is 0.358. The fraction of sp³-hybridized carbons (Fsp3) is 0.0500. The fourth-order valence-electron chi connectivity index (χ4n) is 2.77. The van der Waals surface area contributed by atoms with E-state index < -0.39 is 10.0 Å². The van der Waals surface area contributed by atoms with Crippen LogP contribution < -0.4 is 0 Å². The number of hydrogen-bond acceptors (Lipinski definition) is 4. The van der Waals surface area contributed by atoms with E-state index in [1.165, 1.54) is 21.8 Å². The van der Waals surface area contributed by atoms with Crippen molar-refractivity contribution in [3.8, 4) is 0 Å². The van der Waals surface area contributed by atoms with E-state index in [-0.39, 0.29) is 16.5 Å². The zero-order chi connectivity index (χ0) is 19.7. The number of hydrogen-bond donors (Lipinski definition) is 0. The highest BCUT2D eigenvalue weighted by molar-refractivity contribution is 9.10. The van der Waals surface area contributed by atoms with Gasteiger partial charge < -0.3 is 0 Å². The van der Waals surface area contributed by atoms with E-state index in [0.717, 1.165) is 4.47 Å². The van der Waals surface area contributed by atoms with Gasteiger partial charge in [0.15, 0.2) is 5.16 Å². The van der Waals surface area contributed by atoms with Crippen molar-refractivity contribution in [3.05, 3.63) is 88.6 Å². The largest absolute Gasteiger partial charge is 0.270 e. The van der Waals surface area contributed by atoms with E-state index in [1.807, 2.05) is 0 Å². The Morgan fingerprint density at radius 2 is 1.64 bits per heavy atom. The Balaban J connectivity index is 1.81. The highest BCUT2D eigenvalue weighted by Crippen LogP contribution is 2.31. The maximum absolute atomic E-state index is 14.0. The smallest absolute Gasteiger partial charge is 0.222 e.